The van der Waals surface area contributed by atoms with Crippen molar-refractivity contribution in [1.29, 1.82) is 0 Å². The number of methoxy groups -OCH3 is 1. The third-order valence-corrected chi connectivity index (χ3v) is 3.07. The van der Waals surface area contributed by atoms with E-state index in [9.17, 15) is 4.79 Å². The smallest absolute Gasteiger partial charge is 0.320 e. The Morgan fingerprint density at radius 1 is 1.27 bits per heavy atom. The number of rotatable bonds is 6. The van der Waals surface area contributed by atoms with Crippen LogP contribution in [0.25, 0.3) is 0 Å². The van der Waals surface area contributed by atoms with Gasteiger partial charge >= 0.3 is 6.03 Å². The molecule has 22 heavy (non-hydrogen) atoms. The molecule has 0 aliphatic rings. The first-order valence-corrected chi connectivity index (χ1v) is 6.91. The van der Waals surface area contributed by atoms with Gasteiger partial charge in [0, 0.05) is 18.8 Å². The molecular weight excluding hydrogens is 284 g/mol. The van der Waals surface area contributed by atoms with Gasteiger partial charge in [-0.05, 0) is 31.2 Å². The Morgan fingerprint density at radius 2 is 1.95 bits per heavy atom. The molecule has 0 fully saturated rings. The maximum Gasteiger partial charge on any atom is 0.320 e. The summed E-state index contributed by atoms with van der Waals surface area (Å²) in [7, 11) is 3.43. The molecule has 0 bridgehead atoms. The van der Waals surface area contributed by atoms with E-state index in [0.717, 1.165) is 17.2 Å². The number of benzene rings is 1. The van der Waals surface area contributed by atoms with E-state index in [2.05, 4.69) is 15.7 Å². The van der Waals surface area contributed by atoms with Gasteiger partial charge < -0.3 is 14.8 Å². The third-order valence-electron chi connectivity index (χ3n) is 3.07. The topological polar surface area (TPSA) is 77.4 Å². The van der Waals surface area contributed by atoms with Crippen LogP contribution in [0.5, 0.6) is 11.5 Å². The Balaban J connectivity index is 1.68. The highest BCUT2D eigenvalue weighted by Crippen LogP contribution is 2.16. The summed E-state index contributed by atoms with van der Waals surface area (Å²) in [6.45, 7) is 2.68. The van der Waals surface area contributed by atoms with E-state index in [1.54, 1.807) is 17.9 Å². The minimum absolute atomic E-state index is 0.309. The highest BCUT2D eigenvalue weighted by atomic mass is 16.5. The van der Waals surface area contributed by atoms with Crippen LogP contribution in [0, 0.1) is 6.92 Å². The molecule has 2 rings (SSSR count). The summed E-state index contributed by atoms with van der Waals surface area (Å²) in [5.41, 5.74) is 0.970. The number of anilines is 1. The van der Waals surface area contributed by atoms with Gasteiger partial charge in [0.2, 0.25) is 0 Å². The lowest BCUT2D eigenvalue weighted by Crippen LogP contribution is -2.32. The van der Waals surface area contributed by atoms with Gasteiger partial charge in [-0.15, -0.1) is 0 Å². The van der Waals surface area contributed by atoms with Crippen LogP contribution in [0.1, 0.15) is 5.69 Å². The monoisotopic (exact) mass is 304 g/mol. The van der Waals surface area contributed by atoms with Gasteiger partial charge in [-0.1, -0.05) is 0 Å². The van der Waals surface area contributed by atoms with Gasteiger partial charge in [-0.2, -0.15) is 5.10 Å². The predicted molar refractivity (Wildman–Crippen MR) is 83.5 cm³/mol. The van der Waals surface area contributed by atoms with Crippen molar-refractivity contribution in [2.75, 3.05) is 25.6 Å². The first-order valence-electron chi connectivity index (χ1n) is 6.91. The van der Waals surface area contributed by atoms with Crippen molar-refractivity contribution in [2.24, 2.45) is 7.05 Å². The van der Waals surface area contributed by atoms with Gasteiger partial charge in [0.05, 0.1) is 13.7 Å². The van der Waals surface area contributed by atoms with Gasteiger partial charge in [-0.3, -0.25) is 10.00 Å². The Morgan fingerprint density at radius 3 is 2.55 bits per heavy atom. The van der Waals surface area contributed by atoms with Gasteiger partial charge in [0.1, 0.15) is 18.1 Å². The summed E-state index contributed by atoms with van der Waals surface area (Å²) in [5.74, 6) is 2.02. The van der Waals surface area contributed by atoms with Crippen LogP contribution >= 0.6 is 0 Å². The van der Waals surface area contributed by atoms with E-state index >= 15 is 0 Å². The van der Waals surface area contributed by atoms with Crippen LogP contribution in [0.3, 0.4) is 0 Å². The normalized spacial score (nSPS) is 10.1. The number of aryl methyl sites for hydroxylation is 2. The highest BCUT2D eigenvalue weighted by molar-refractivity contribution is 5.88. The van der Waals surface area contributed by atoms with Gasteiger partial charge in [0.15, 0.2) is 5.82 Å². The average molecular weight is 304 g/mol. The Hall–Kier alpha value is -2.70. The molecule has 1 aromatic heterocycles. The van der Waals surface area contributed by atoms with Gasteiger partial charge in [-0.25, -0.2) is 4.79 Å². The maximum absolute atomic E-state index is 11.7. The van der Waals surface area contributed by atoms with Crippen molar-refractivity contribution in [3.63, 3.8) is 0 Å². The zero-order valence-corrected chi connectivity index (χ0v) is 12.9. The lowest BCUT2D eigenvalue weighted by molar-refractivity contribution is 0.247. The second kappa shape index (κ2) is 7.35. The molecule has 7 heteroatoms. The standard InChI is InChI=1S/C15H20N4O3/c1-11-10-14(18-19(11)2)17-15(20)16-8-9-22-13-6-4-12(21-3)5-7-13/h4-7,10H,8-9H2,1-3H3,(H2,16,17,18,20). The second-order valence-corrected chi connectivity index (χ2v) is 4.70. The number of carbonyl (C=O) groups excluding carboxylic acids is 1. The third kappa shape index (κ3) is 4.41. The highest BCUT2D eigenvalue weighted by Gasteiger charge is 2.05. The number of hydrogen-bond acceptors (Lipinski definition) is 4. The second-order valence-electron chi connectivity index (χ2n) is 4.70. The number of nitrogens with zero attached hydrogens (tertiary/aromatic N) is 2. The van der Waals surface area contributed by atoms with Crippen molar-refractivity contribution < 1.29 is 14.3 Å². The Labute approximate surface area is 129 Å². The van der Waals surface area contributed by atoms with Crippen LogP contribution in [0.15, 0.2) is 30.3 Å². The fourth-order valence-electron chi connectivity index (χ4n) is 1.79. The lowest BCUT2D eigenvalue weighted by atomic mass is 10.3. The number of nitrogens with one attached hydrogen (secondary N) is 2. The molecule has 0 atom stereocenters. The van der Waals surface area contributed by atoms with Crippen LogP contribution in [0.4, 0.5) is 10.6 Å². The summed E-state index contributed by atoms with van der Waals surface area (Å²) in [6, 6.07) is 8.76. The van der Waals surface area contributed by atoms with E-state index in [0.29, 0.717) is 19.0 Å². The summed E-state index contributed by atoms with van der Waals surface area (Å²) >= 11 is 0. The van der Waals surface area contributed by atoms with Crippen LogP contribution in [0.2, 0.25) is 0 Å². The molecule has 0 radical (unpaired) electrons. The number of urea groups is 1. The van der Waals surface area contributed by atoms with E-state index in [1.165, 1.54) is 0 Å². The fourth-order valence-corrected chi connectivity index (χ4v) is 1.79. The number of aromatic nitrogens is 2. The van der Waals surface area contributed by atoms with E-state index in [1.807, 2.05) is 38.2 Å². The molecule has 2 amide bonds. The zero-order valence-electron chi connectivity index (χ0n) is 12.9. The summed E-state index contributed by atoms with van der Waals surface area (Å²) < 4.78 is 12.3. The van der Waals surface area contributed by atoms with Gasteiger partial charge in [0.25, 0.3) is 0 Å². The quantitative estimate of drug-likeness (QED) is 0.800. The van der Waals surface area contributed by atoms with Crippen LogP contribution < -0.4 is 20.1 Å². The molecule has 0 saturated carbocycles. The summed E-state index contributed by atoms with van der Waals surface area (Å²) in [6.07, 6.45) is 0. The molecule has 1 heterocycles. The molecule has 2 N–H and O–H groups in total. The van der Waals surface area contributed by atoms with Crippen LogP contribution in [-0.2, 0) is 7.05 Å². The minimum Gasteiger partial charge on any atom is -0.497 e. The molecule has 7 nitrogen and oxygen atoms in total. The first kappa shape index (κ1) is 15.7. The molecule has 0 unspecified atom stereocenters. The maximum atomic E-state index is 11.7. The number of carbonyl (C=O) groups is 1. The summed E-state index contributed by atoms with van der Waals surface area (Å²) in [5, 5.41) is 9.51. The van der Waals surface area contributed by atoms with E-state index in [4.69, 9.17) is 9.47 Å². The van der Waals surface area contributed by atoms with Crippen molar-refractivity contribution >= 4 is 11.8 Å². The fraction of sp³-hybridized carbons (Fsp3) is 0.333. The molecule has 0 aliphatic heterocycles. The summed E-state index contributed by atoms with van der Waals surface area (Å²) in [4.78, 5) is 11.7. The predicted octanol–water partition coefficient (Wildman–Crippen LogP) is 1.94. The van der Waals surface area contributed by atoms with Crippen molar-refractivity contribution in [3.05, 3.63) is 36.0 Å². The van der Waals surface area contributed by atoms with E-state index < -0.39 is 0 Å². The molecule has 0 aliphatic carbocycles. The number of ether oxygens (including phenoxy) is 2. The molecular formula is C15H20N4O3. The largest absolute Gasteiger partial charge is 0.497 e. The van der Waals surface area contributed by atoms with Crippen LogP contribution in [-0.4, -0.2) is 36.1 Å². The van der Waals surface area contributed by atoms with Crippen molar-refractivity contribution in [2.45, 2.75) is 6.92 Å². The molecule has 2 aromatic rings. The molecule has 0 saturated heterocycles. The SMILES string of the molecule is COc1ccc(OCCNC(=O)Nc2cc(C)n(C)n2)cc1. The Kier molecular flexibility index (Phi) is 5.24. The first-order chi connectivity index (χ1) is 10.6. The molecule has 0 spiro atoms. The Bertz CT molecular complexity index is 603. The van der Waals surface area contributed by atoms with Crippen molar-refractivity contribution in [1.82, 2.24) is 15.1 Å². The zero-order chi connectivity index (χ0) is 15.9. The minimum atomic E-state index is -0.309. The van der Waals surface area contributed by atoms with E-state index in [-0.39, 0.29) is 6.03 Å². The molecule has 1 aromatic carbocycles. The number of amides is 2. The molecule has 118 valence electrons. The van der Waals surface area contributed by atoms with Crippen molar-refractivity contribution in [3.8, 4) is 11.5 Å². The average Bonchev–Trinajstić information content (AvgIpc) is 2.82. The lowest BCUT2D eigenvalue weighted by Gasteiger charge is -2.08. The number of hydrogen-bond donors (Lipinski definition) is 2.